The van der Waals surface area contributed by atoms with E-state index in [1.54, 1.807) is 6.07 Å². The maximum Gasteiger partial charge on any atom is 0.270 e. The smallest absolute Gasteiger partial charge is 0.270 e. The third-order valence-electron chi connectivity index (χ3n) is 4.28. The maximum atomic E-state index is 13.5. The van der Waals surface area contributed by atoms with Crippen LogP contribution < -0.4 is 4.74 Å². The van der Waals surface area contributed by atoms with Gasteiger partial charge in [0, 0.05) is 18.1 Å². The Bertz CT molecular complexity index is 659. The fourth-order valence-corrected chi connectivity index (χ4v) is 2.48. The minimum Gasteiger partial charge on any atom is -0.496 e. The van der Waals surface area contributed by atoms with Gasteiger partial charge in [0.25, 0.3) is 5.92 Å². The molecule has 0 fully saturated rings. The summed E-state index contributed by atoms with van der Waals surface area (Å²) in [6.07, 6.45) is 4.05. The minimum atomic E-state index is -2.88. The molecule has 0 aliphatic heterocycles. The summed E-state index contributed by atoms with van der Waals surface area (Å²) in [5.41, 5.74) is 5.24. The standard InChI is InChI=1S/C20H26F2O/c1-8-13(3)14(4)15(5)17(9-2)18-11-10-16(20(6,21)22)12-19(18)23-7/h8-12H,1-7H3/b13-8+,15-14-,17-9+. The van der Waals surface area contributed by atoms with Gasteiger partial charge in [0.1, 0.15) is 5.75 Å². The van der Waals surface area contributed by atoms with Crippen molar-refractivity contribution in [1.82, 2.24) is 0 Å². The summed E-state index contributed by atoms with van der Waals surface area (Å²) in [5.74, 6) is -2.42. The van der Waals surface area contributed by atoms with Crippen molar-refractivity contribution in [2.75, 3.05) is 7.11 Å². The lowest BCUT2D eigenvalue weighted by Crippen LogP contribution is -2.08. The van der Waals surface area contributed by atoms with E-state index in [1.807, 2.05) is 26.8 Å². The van der Waals surface area contributed by atoms with Crippen molar-refractivity contribution in [2.24, 2.45) is 0 Å². The molecule has 0 saturated heterocycles. The molecule has 0 bridgehead atoms. The Hall–Kier alpha value is -1.90. The molecule has 0 amide bonds. The molecule has 0 atom stereocenters. The van der Waals surface area contributed by atoms with Gasteiger partial charge in [-0.3, -0.25) is 0 Å². The number of hydrogen-bond acceptors (Lipinski definition) is 1. The van der Waals surface area contributed by atoms with Gasteiger partial charge in [-0.25, -0.2) is 8.78 Å². The number of halogens is 2. The zero-order chi connectivity index (χ0) is 17.8. The number of methoxy groups -OCH3 is 1. The first-order chi connectivity index (χ1) is 10.7. The number of hydrogen-bond donors (Lipinski definition) is 0. The summed E-state index contributed by atoms with van der Waals surface area (Å²) in [4.78, 5) is 0. The van der Waals surface area contributed by atoms with Gasteiger partial charge in [0.15, 0.2) is 0 Å². The molecule has 1 nitrogen and oxygen atoms in total. The molecule has 0 aliphatic rings. The van der Waals surface area contributed by atoms with Crippen molar-refractivity contribution in [2.45, 2.75) is 47.5 Å². The molecule has 0 N–H and O–H groups in total. The van der Waals surface area contributed by atoms with Crippen molar-refractivity contribution in [3.63, 3.8) is 0 Å². The second-order valence-electron chi connectivity index (χ2n) is 5.73. The molecular weight excluding hydrogens is 294 g/mol. The van der Waals surface area contributed by atoms with E-state index in [9.17, 15) is 8.78 Å². The van der Waals surface area contributed by atoms with Crippen LogP contribution in [0.1, 0.15) is 52.7 Å². The molecule has 1 rings (SSSR count). The lowest BCUT2D eigenvalue weighted by Gasteiger charge is -2.18. The fraction of sp³-hybridized carbons (Fsp3) is 0.400. The van der Waals surface area contributed by atoms with Crippen molar-refractivity contribution in [3.8, 4) is 5.75 Å². The molecular formula is C20H26F2O. The molecule has 0 heterocycles. The number of rotatable bonds is 5. The van der Waals surface area contributed by atoms with Crippen LogP contribution in [0.15, 0.2) is 47.1 Å². The van der Waals surface area contributed by atoms with Crippen LogP contribution in [0.2, 0.25) is 0 Å². The highest BCUT2D eigenvalue weighted by Gasteiger charge is 2.26. The maximum absolute atomic E-state index is 13.5. The van der Waals surface area contributed by atoms with E-state index in [-0.39, 0.29) is 5.56 Å². The van der Waals surface area contributed by atoms with Crippen LogP contribution in [0.3, 0.4) is 0 Å². The molecule has 0 aromatic heterocycles. The largest absolute Gasteiger partial charge is 0.496 e. The highest BCUT2D eigenvalue weighted by atomic mass is 19.3. The predicted molar refractivity (Wildman–Crippen MR) is 94.0 cm³/mol. The second-order valence-corrected chi connectivity index (χ2v) is 5.73. The van der Waals surface area contributed by atoms with Crippen molar-refractivity contribution in [1.29, 1.82) is 0 Å². The van der Waals surface area contributed by atoms with Crippen LogP contribution in [-0.4, -0.2) is 7.11 Å². The van der Waals surface area contributed by atoms with Crippen molar-refractivity contribution < 1.29 is 13.5 Å². The van der Waals surface area contributed by atoms with Gasteiger partial charge in [0.2, 0.25) is 0 Å². The summed E-state index contributed by atoms with van der Waals surface area (Å²) < 4.78 is 32.4. The highest BCUT2D eigenvalue weighted by molar-refractivity contribution is 5.83. The predicted octanol–water partition coefficient (Wildman–Crippen LogP) is 6.51. The first kappa shape index (κ1) is 19.1. The SMILES string of the molecule is C/C=C(C)/C(C)=C(C)\C(=C/C)c1ccc(C(C)(F)F)cc1OC. The van der Waals surface area contributed by atoms with Crippen LogP contribution in [0.4, 0.5) is 8.78 Å². The summed E-state index contributed by atoms with van der Waals surface area (Å²) in [7, 11) is 1.51. The molecule has 0 radical (unpaired) electrons. The summed E-state index contributed by atoms with van der Waals surface area (Å²) in [5, 5.41) is 0. The number of allylic oxidation sites excluding steroid dienone is 6. The zero-order valence-electron chi connectivity index (χ0n) is 15.1. The van der Waals surface area contributed by atoms with Gasteiger partial charge in [-0.2, -0.15) is 0 Å². The second kappa shape index (κ2) is 7.58. The first-order valence-electron chi connectivity index (χ1n) is 7.71. The van der Waals surface area contributed by atoms with E-state index >= 15 is 0 Å². The molecule has 23 heavy (non-hydrogen) atoms. The third-order valence-corrected chi connectivity index (χ3v) is 4.28. The Balaban J connectivity index is 3.50. The number of benzene rings is 1. The minimum absolute atomic E-state index is 0.0449. The van der Waals surface area contributed by atoms with Crippen LogP contribution >= 0.6 is 0 Å². The lowest BCUT2D eigenvalue weighted by molar-refractivity contribution is 0.0172. The number of alkyl halides is 2. The van der Waals surface area contributed by atoms with Crippen molar-refractivity contribution in [3.05, 3.63) is 58.2 Å². The Morgan fingerprint density at radius 3 is 2.09 bits per heavy atom. The van der Waals surface area contributed by atoms with Crippen LogP contribution in [-0.2, 0) is 5.92 Å². The molecule has 0 unspecified atom stereocenters. The van der Waals surface area contributed by atoms with Crippen LogP contribution in [0.25, 0.3) is 5.57 Å². The molecule has 126 valence electrons. The molecule has 0 saturated carbocycles. The van der Waals surface area contributed by atoms with E-state index in [0.717, 1.165) is 23.6 Å². The van der Waals surface area contributed by atoms with Gasteiger partial charge in [-0.15, -0.1) is 0 Å². The average Bonchev–Trinajstić information content (AvgIpc) is 2.52. The van der Waals surface area contributed by atoms with E-state index in [2.05, 4.69) is 19.9 Å². The molecule has 0 aliphatic carbocycles. The third kappa shape index (κ3) is 4.31. The average molecular weight is 320 g/mol. The van der Waals surface area contributed by atoms with Crippen molar-refractivity contribution >= 4 is 5.57 Å². The number of ether oxygens (including phenoxy) is 1. The van der Waals surface area contributed by atoms with Gasteiger partial charge in [0.05, 0.1) is 7.11 Å². The molecule has 0 spiro atoms. The highest BCUT2D eigenvalue weighted by Crippen LogP contribution is 2.37. The normalized spacial score (nSPS) is 14.7. The Kier molecular flexibility index (Phi) is 6.31. The van der Waals surface area contributed by atoms with Gasteiger partial charge >= 0.3 is 0 Å². The Morgan fingerprint density at radius 1 is 1.04 bits per heavy atom. The zero-order valence-corrected chi connectivity index (χ0v) is 15.1. The fourth-order valence-electron chi connectivity index (χ4n) is 2.48. The van der Waals surface area contributed by atoms with Gasteiger partial charge < -0.3 is 4.74 Å². The van der Waals surface area contributed by atoms with Crippen LogP contribution in [0, 0.1) is 0 Å². The van der Waals surface area contributed by atoms with Gasteiger partial charge in [-0.05, 0) is 57.4 Å². The Labute approximate surface area is 138 Å². The van der Waals surface area contributed by atoms with Crippen LogP contribution in [0.5, 0.6) is 5.75 Å². The van der Waals surface area contributed by atoms with E-state index in [1.165, 1.54) is 30.4 Å². The van der Waals surface area contributed by atoms with E-state index < -0.39 is 5.92 Å². The van der Waals surface area contributed by atoms with E-state index in [0.29, 0.717) is 5.75 Å². The van der Waals surface area contributed by atoms with Gasteiger partial charge in [-0.1, -0.05) is 29.9 Å². The molecule has 3 heteroatoms. The molecule has 1 aromatic rings. The summed E-state index contributed by atoms with van der Waals surface area (Å²) >= 11 is 0. The topological polar surface area (TPSA) is 9.23 Å². The lowest BCUT2D eigenvalue weighted by atomic mass is 9.91. The molecule has 1 aromatic carbocycles. The summed E-state index contributed by atoms with van der Waals surface area (Å²) in [6.45, 7) is 11.0. The quantitative estimate of drug-likeness (QED) is 0.562. The van der Waals surface area contributed by atoms with E-state index in [4.69, 9.17) is 4.74 Å². The first-order valence-corrected chi connectivity index (χ1v) is 7.71. The summed E-state index contributed by atoms with van der Waals surface area (Å²) in [6, 6.07) is 4.60. The monoisotopic (exact) mass is 320 g/mol. The Morgan fingerprint density at radius 2 is 1.65 bits per heavy atom.